The molecule has 0 atom stereocenters. The van der Waals surface area contributed by atoms with Crippen LogP contribution in [0.3, 0.4) is 0 Å². The van der Waals surface area contributed by atoms with Gasteiger partial charge < -0.3 is 19.9 Å². The van der Waals surface area contributed by atoms with E-state index in [0.717, 1.165) is 5.56 Å². The van der Waals surface area contributed by atoms with Crippen LogP contribution in [0.5, 0.6) is 0 Å². The van der Waals surface area contributed by atoms with Gasteiger partial charge in [0, 0.05) is 26.2 Å². The van der Waals surface area contributed by atoms with Gasteiger partial charge >= 0.3 is 6.09 Å². The van der Waals surface area contributed by atoms with Crippen LogP contribution in [0.25, 0.3) is 0 Å². The van der Waals surface area contributed by atoms with E-state index >= 15 is 0 Å². The van der Waals surface area contributed by atoms with Gasteiger partial charge in [-0.3, -0.25) is 9.59 Å². The van der Waals surface area contributed by atoms with Crippen molar-refractivity contribution in [3.8, 4) is 0 Å². The SMILES string of the molecule is Cc1cccc(C(=O)N2CCN(C(=O)OC(C)(C)C)CC2)c1NC=O. The summed E-state index contributed by atoms with van der Waals surface area (Å²) in [6.07, 6.45) is 0.206. The second kappa shape index (κ2) is 7.55. The van der Waals surface area contributed by atoms with E-state index in [9.17, 15) is 14.4 Å². The molecule has 0 aliphatic carbocycles. The molecule has 7 nitrogen and oxygen atoms in total. The average Bonchev–Trinajstić information content (AvgIpc) is 2.55. The summed E-state index contributed by atoms with van der Waals surface area (Å²) in [5.74, 6) is -0.156. The molecule has 2 rings (SSSR count). The molecule has 0 saturated carbocycles. The maximum Gasteiger partial charge on any atom is 0.410 e. The van der Waals surface area contributed by atoms with E-state index in [2.05, 4.69) is 5.32 Å². The highest BCUT2D eigenvalue weighted by Gasteiger charge is 2.29. The molecule has 7 heteroatoms. The summed E-state index contributed by atoms with van der Waals surface area (Å²) >= 11 is 0. The van der Waals surface area contributed by atoms with Crippen molar-refractivity contribution in [3.63, 3.8) is 0 Å². The van der Waals surface area contributed by atoms with Gasteiger partial charge in [0.1, 0.15) is 5.60 Å². The Morgan fingerprint density at radius 2 is 1.72 bits per heavy atom. The quantitative estimate of drug-likeness (QED) is 0.851. The Hall–Kier alpha value is -2.57. The minimum atomic E-state index is -0.541. The molecule has 0 unspecified atom stereocenters. The van der Waals surface area contributed by atoms with Gasteiger partial charge in [0.2, 0.25) is 6.41 Å². The maximum atomic E-state index is 12.8. The fourth-order valence-corrected chi connectivity index (χ4v) is 2.69. The topological polar surface area (TPSA) is 79.0 Å². The number of carbonyl (C=O) groups excluding carboxylic acids is 3. The van der Waals surface area contributed by atoms with Gasteiger partial charge in [-0.15, -0.1) is 0 Å². The number of hydrogen-bond donors (Lipinski definition) is 1. The number of aryl methyl sites for hydroxylation is 1. The van der Waals surface area contributed by atoms with Crippen LogP contribution in [-0.2, 0) is 9.53 Å². The van der Waals surface area contributed by atoms with Crippen molar-refractivity contribution in [1.29, 1.82) is 0 Å². The van der Waals surface area contributed by atoms with E-state index in [1.165, 1.54) is 0 Å². The van der Waals surface area contributed by atoms with Gasteiger partial charge in [0.05, 0.1) is 11.3 Å². The molecular weight excluding hydrogens is 322 g/mol. The molecule has 25 heavy (non-hydrogen) atoms. The van der Waals surface area contributed by atoms with Gasteiger partial charge in [-0.25, -0.2) is 4.79 Å². The van der Waals surface area contributed by atoms with Crippen LogP contribution in [0.4, 0.5) is 10.5 Å². The van der Waals surface area contributed by atoms with E-state index in [1.54, 1.807) is 21.9 Å². The van der Waals surface area contributed by atoms with Crippen molar-refractivity contribution >= 4 is 24.1 Å². The molecule has 1 aromatic rings. The Kier molecular flexibility index (Phi) is 5.66. The normalized spacial score (nSPS) is 14.9. The minimum Gasteiger partial charge on any atom is -0.444 e. The number of ether oxygens (including phenoxy) is 1. The highest BCUT2D eigenvalue weighted by Crippen LogP contribution is 2.22. The number of rotatable bonds is 3. The standard InChI is InChI=1S/C18H25N3O4/c1-13-6-5-7-14(15(13)19-12-22)16(23)20-8-10-21(11-9-20)17(24)25-18(2,3)4/h5-7,12H,8-11H2,1-4H3,(H,19,22). The number of carbonyl (C=O) groups is 3. The predicted molar refractivity (Wildman–Crippen MR) is 94.6 cm³/mol. The Morgan fingerprint density at radius 1 is 1.12 bits per heavy atom. The first-order valence-corrected chi connectivity index (χ1v) is 8.30. The zero-order valence-electron chi connectivity index (χ0n) is 15.2. The summed E-state index contributed by atoms with van der Waals surface area (Å²) in [5, 5.41) is 2.60. The van der Waals surface area contributed by atoms with Crippen LogP contribution in [0.1, 0.15) is 36.7 Å². The molecule has 0 radical (unpaired) electrons. The van der Waals surface area contributed by atoms with Crippen molar-refractivity contribution in [2.45, 2.75) is 33.3 Å². The number of piperazine rings is 1. The van der Waals surface area contributed by atoms with E-state index in [0.29, 0.717) is 43.8 Å². The predicted octanol–water partition coefficient (Wildman–Crippen LogP) is 2.26. The lowest BCUT2D eigenvalue weighted by Crippen LogP contribution is -2.51. The zero-order valence-corrected chi connectivity index (χ0v) is 15.2. The van der Waals surface area contributed by atoms with Crippen molar-refractivity contribution in [2.75, 3.05) is 31.5 Å². The second-order valence-electron chi connectivity index (χ2n) is 7.02. The summed E-state index contributed by atoms with van der Waals surface area (Å²) in [4.78, 5) is 39.0. The van der Waals surface area contributed by atoms with Crippen molar-refractivity contribution in [2.24, 2.45) is 0 Å². The molecule has 136 valence electrons. The summed E-state index contributed by atoms with van der Waals surface area (Å²) in [6.45, 7) is 8.99. The summed E-state index contributed by atoms with van der Waals surface area (Å²) in [7, 11) is 0. The molecule has 1 heterocycles. The number of nitrogens with zero attached hydrogens (tertiary/aromatic N) is 2. The first kappa shape index (κ1) is 18.8. The third-order valence-corrected chi connectivity index (χ3v) is 3.93. The first-order valence-electron chi connectivity index (χ1n) is 8.30. The molecule has 1 N–H and O–H groups in total. The number of nitrogens with one attached hydrogen (secondary N) is 1. The largest absolute Gasteiger partial charge is 0.444 e. The summed E-state index contributed by atoms with van der Waals surface area (Å²) in [6, 6.07) is 5.32. The average molecular weight is 347 g/mol. The first-order chi connectivity index (χ1) is 11.7. The monoisotopic (exact) mass is 347 g/mol. The van der Waals surface area contributed by atoms with Gasteiger partial charge in [0.25, 0.3) is 5.91 Å². The number of amides is 3. The molecule has 3 amide bonds. The van der Waals surface area contributed by atoms with E-state index in [-0.39, 0.29) is 12.0 Å². The van der Waals surface area contributed by atoms with Crippen molar-refractivity contribution < 1.29 is 19.1 Å². The van der Waals surface area contributed by atoms with Crippen molar-refractivity contribution in [3.05, 3.63) is 29.3 Å². The van der Waals surface area contributed by atoms with E-state index < -0.39 is 5.60 Å². The lowest BCUT2D eigenvalue weighted by atomic mass is 10.1. The number of anilines is 1. The molecule has 1 fully saturated rings. The number of para-hydroxylation sites is 1. The van der Waals surface area contributed by atoms with Crippen LogP contribution in [-0.4, -0.2) is 60.0 Å². The molecular formula is C18H25N3O4. The Balaban J connectivity index is 2.04. The third-order valence-electron chi connectivity index (χ3n) is 3.93. The van der Waals surface area contributed by atoms with Crippen LogP contribution in [0.15, 0.2) is 18.2 Å². The lowest BCUT2D eigenvalue weighted by molar-refractivity contribution is -0.105. The lowest BCUT2D eigenvalue weighted by Gasteiger charge is -2.35. The smallest absolute Gasteiger partial charge is 0.410 e. The maximum absolute atomic E-state index is 12.8. The molecule has 0 bridgehead atoms. The van der Waals surface area contributed by atoms with E-state index in [1.807, 2.05) is 33.8 Å². The van der Waals surface area contributed by atoms with Gasteiger partial charge in [0.15, 0.2) is 0 Å². The van der Waals surface area contributed by atoms with Crippen LogP contribution < -0.4 is 5.32 Å². The van der Waals surface area contributed by atoms with Crippen LogP contribution >= 0.6 is 0 Å². The number of benzene rings is 1. The highest BCUT2D eigenvalue weighted by atomic mass is 16.6. The molecule has 1 aromatic carbocycles. The fourth-order valence-electron chi connectivity index (χ4n) is 2.69. The Bertz CT molecular complexity index is 659. The summed E-state index contributed by atoms with van der Waals surface area (Å²) < 4.78 is 5.36. The Labute approximate surface area is 147 Å². The van der Waals surface area contributed by atoms with Gasteiger partial charge in [-0.2, -0.15) is 0 Å². The fraction of sp³-hybridized carbons (Fsp3) is 0.500. The molecule has 1 aliphatic heterocycles. The van der Waals surface area contributed by atoms with Crippen molar-refractivity contribution in [1.82, 2.24) is 9.80 Å². The molecule has 1 aliphatic rings. The minimum absolute atomic E-state index is 0.156. The van der Waals surface area contributed by atoms with E-state index in [4.69, 9.17) is 4.74 Å². The third kappa shape index (κ3) is 4.71. The zero-order chi connectivity index (χ0) is 18.6. The van der Waals surface area contributed by atoms with Crippen LogP contribution in [0, 0.1) is 6.92 Å². The molecule has 0 aromatic heterocycles. The highest BCUT2D eigenvalue weighted by molar-refractivity contribution is 6.02. The molecule has 1 saturated heterocycles. The number of hydrogen-bond acceptors (Lipinski definition) is 4. The second-order valence-corrected chi connectivity index (χ2v) is 7.02. The van der Waals surface area contributed by atoms with Gasteiger partial charge in [-0.05, 0) is 39.3 Å². The summed E-state index contributed by atoms with van der Waals surface area (Å²) in [5.41, 5.74) is 1.27. The van der Waals surface area contributed by atoms with Gasteiger partial charge in [-0.1, -0.05) is 12.1 Å². The van der Waals surface area contributed by atoms with Crippen LogP contribution in [0.2, 0.25) is 0 Å². The molecule has 0 spiro atoms. The Morgan fingerprint density at radius 3 is 2.28 bits per heavy atom.